The number of allylic oxidation sites excluding steroid dienone is 1. The zero-order chi connectivity index (χ0) is 12.8. The fourth-order valence-electron chi connectivity index (χ4n) is 1.45. The molecule has 1 aliphatic heterocycles. The number of nitrogens with one attached hydrogen (secondary N) is 1. The lowest BCUT2D eigenvalue weighted by atomic mass is 10.2. The molecule has 5 nitrogen and oxygen atoms in total. The summed E-state index contributed by atoms with van der Waals surface area (Å²) in [4.78, 5) is 14.6. The molecule has 0 atom stereocenters. The van der Waals surface area contributed by atoms with E-state index >= 15 is 0 Å². The molecule has 0 saturated heterocycles. The van der Waals surface area contributed by atoms with Gasteiger partial charge in [-0.1, -0.05) is 6.58 Å². The lowest BCUT2D eigenvalue weighted by Gasteiger charge is -2.13. The predicted molar refractivity (Wildman–Crippen MR) is 73.6 cm³/mol. The first-order chi connectivity index (χ1) is 8.08. The fourth-order valence-corrected chi connectivity index (χ4v) is 1.45. The van der Waals surface area contributed by atoms with E-state index in [4.69, 9.17) is 0 Å². The molecule has 92 valence electrons. The van der Waals surface area contributed by atoms with Gasteiger partial charge < -0.3 is 10.2 Å². The minimum absolute atomic E-state index is 0.497. The second kappa shape index (κ2) is 5.98. The molecule has 5 heteroatoms. The van der Waals surface area contributed by atoms with Crippen LogP contribution in [0.25, 0.3) is 0 Å². The summed E-state index contributed by atoms with van der Waals surface area (Å²) < 4.78 is 0. The van der Waals surface area contributed by atoms with Crippen LogP contribution >= 0.6 is 0 Å². The summed E-state index contributed by atoms with van der Waals surface area (Å²) in [6.07, 6.45) is 3.66. The van der Waals surface area contributed by atoms with Crippen molar-refractivity contribution in [1.82, 2.24) is 10.2 Å². The van der Waals surface area contributed by atoms with Crippen LogP contribution in [0.4, 0.5) is 0 Å². The highest BCUT2D eigenvalue weighted by Crippen LogP contribution is 2.00. The van der Waals surface area contributed by atoms with E-state index in [-0.39, 0.29) is 0 Å². The summed E-state index contributed by atoms with van der Waals surface area (Å²) in [5.74, 6) is 0.745. The smallest absolute Gasteiger partial charge is 0.152 e. The minimum Gasteiger partial charge on any atom is -0.356 e. The van der Waals surface area contributed by atoms with Crippen LogP contribution in [0.3, 0.4) is 0 Å². The van der Waals surface area contributed by atoms with Crippen molar-refractivity contribution in [2.24, 2.45) is 15.0 Å². The van der Waals surface area contributed by atoms with Gasteiger partial charge in [-0.2, -0.15) is 0 Å². The van der Waals surface area contributed by atoms with E-state index in [2.05, 4.69) is 26.9 Å². The Morgan fingerprint density at radius 2 is 2.24 bits per heavy atom. The Hall–Kier alpha value is -1.91. The molecule has 1 heterocycles. The van der Waals surface area contributed by atoms with Gasteiger partial charge in [0.05, 0.1) is 5.71 Å². The Kier molecular flexibility index (Phi) is 4.63. The Morgan fingerprint density at radius 3 is 2.71 bits per heavy atom. The van der Waals surface area contributed by atoms with E-state index in [1.54, 1.807) is 13.2 Å². The Balaban J connectivity index is 2.76. The molecule has 0 fully saturated rings. The molecule has 0 amide bonds. The van der Waals surface area contributed by atoms with Crippen LogP contribution in [0.1, 0.15) is 13.8 Å². The van der Waals surface area contributed by atoms with Gasteiger partial charge in [0.25, 0.3) is 0 Å². The molecular weight excluding hydrogens is 214 g/mol. The molecular formula is C12H19N5. The molecule has 0 radical (unpaired) electrons. The number of hydrogen-bond donors (Lipinski definition) is 1. The largest absolute Gasteiger partial charge is 0.356 e. The SMILES string of the molecule is C=CN(C)/C=C(\C)NC(=NC)C1=NCN=C1C. The maximum atomic E-state index is 4.30. The van der Waals surface area contributed by atoms with Crippen molar-refractivity contribution in [2.45, 2.75) is 13.8 Å². The Morgan fingerprint density at radius 1 is 1.53 bits per heavy atom. The minimum atomic E-state index is 0.497. The second-order valence-electron chi connectivity index (χ2n) is 3.75. The van der Waals surface area contributed by atoms with Gasteiger partial charge in [0.15, 0.2) is 5.84 Å². The predicted octanol–water partition coefficient (Wildman–Crippen LogP) is 1.41. The van der Waals surface area contributed by atoms with Crippen LogP contribution in [0.15, 0.2) is 39.7 Å². The summed E-state index contributed by atoms with van der Waals surface area (Å²) in [6.45, 7) is 8.08. The van der Waals surface area contributed by atoms with Crippen molar-refractivity contribution in [1.29, 1.82) is 0 Å². The van der Waals surface area contributed by atoms with Gasteiger partial charge in [0.2, 0.25) is 0 Å². The second-order valence-corrected chi connectivity index (χ2v) is 3.75. The number of aliphatic imine (C=N–C) groups is 3. The van der Waals surface area contributed by atoms with Gasteiger partial charge in [-0.3, -0.25) is 15.0 Å². The topological polar surface area (TPSA) is 52.3 Å². The first kappa shape index (κ1) is 13.2. The van der Waals surface area contributed by atoms with Gasteiger partial charge in [0.1, 0.15) is 12.4 Å². The van der Waals surface area contributed by atoms with Gasteiger partial charge in [-0.25, -0.2) is 0 Å². The first-order valence-electron chi connectivity index (χ1n) is 5.41. The normalized spacial score (nSPS) is 16.5. The van der Waals surface area contributed by atoms with Crippen LogP contribution in [-0.4, -0.2) is 42.9 Å². The molecule has 0 bridgehead atoms. The highest BCUT2D eigenvalue weighted by molar-refractivity contribution is 6.68. The van der Waals surface area contributed by atoms with E-state index in [0.717, 1.165) is 23.0 Å². The molecule has 1 aliphatic rings. The van der Waals surface area contributed by atoms with Crippen molar-refractivity contribution in [3.63, 3.8) is 0 Å². The molecule has 1 rings (SSSR count). The molecule has 17 heavy (non-hydrogen) atoms. The molecule has 0 saturated carbocycles. The maximum absolute atomic E-state index is 4.30. The average molecular weight is 233 g/mol. The van der Waals surface area contributed by atoms with Gasteiger partial charge in [-0.15, -0.1) is 0 Å². The summed E-state index contributed by atoms with van der Waals surface area (Å²) in [7, 11) is 3.65. The molecule has 0 unspecified atom stereocenters. The zero-order valence-electron chi connectivity index (χ0n) is 10.9. The summed E-state index contributed by atoms with van der Waals surface area (Å²) in [5.41, 5.74) is 2.72. The molecule has 0 aromatic heterocycles. The van der Waals surface area contributed by atoms with Crippen LogP contribution < -0.4 is 5.32 Å². The number of rotatable bonds is 4. The maximum Gasteiger partial charge on any atom is 0.152 e. The van der Waals surface area contributed by atoms with Crippen molar-refractivity contribution in [3.05, 3.63) is 24.7 Å². The average Bonchev–Trinajstić information content (AvgIpc) is 2.72. The summed E-state index contributed by atoms with van der Waals surface area (Å²) in [5, 5.41) is 3.21. The van der Waals surface area contributed by atoms with Crippen molar-refractivity contribution in [3.8, 4) is 0 Å². The van der Waals surface area contributed by atoms with Gasteiger partial charge in [-0.05, 0) is 20.0 Å². The Labute approximate surface area is 102 Å². The highest BCUT2D eigenvalue weighted by Gasteiger charge is 2.15. The summed E-state index contributed by atoms with van der Waals surface area (Å²) >= 11 is 0. The fraction of sp³-hybridized carbons (Fsp3) is 0.417. The van der Waals surface area contributed by atoms with Crippen LogP contribution in [0, 0.1) is 0 Å². The third kappa shape index (κ3) is 3.55. The highest BCUT2D eigenvalue weighted by atomic mass is 15.1. The van der Waals surface area contributed by atoms with Gasteiger partial charge in [0, 0.05) is 26.0 Å². The van der Waals surface area contributed by atoms with Crippen molar-refractivity contribution < 1.29 is 0 Å². The molecule has 0 aliphatic carbocycles. The van der Waals surface area contributed by atoms with Crippen LogP contribution in [0.5, 0.6) is 0 Å². The van der Waals surface area contributed by atoms with E-state index in [9.17, 15) is 0 Å². The lowest BCUT2D eigenvalue weighted by Crippen LogP contribution is -2.33. The van der Waals surface area contributed by atoms with E-state index in [1.165, 1.54) is 0 Å². The quantitative estimate of drug-likeness (QED) is 0.589. The van der Waals surface area contributed by atoms with E-state index < -0.39 is 0 Å². The van der Waals surface area contributed by atoms with Gasteiger partial charge >= 0.3 is 0 Å². The van der Waals surface area contributed by atoms with Crippen LogP contribution in [-0.2, 0) is 0 Å². The van der Waals surface area contributed by atoms with E-state index in [0.29, 0.717) is 6.67 Å². The van der Waals surface area contributed by atoms with Crippen molar-refractivity contribution >= 4 is 17.3 Å². The third-order valence-electron chi connectivity index (χ3n) is 2.33. The standard InChI is InChI=1S/C12H19N5/c1-6-17(5)7-9(2)16-12(13-4)11-10(3)14-8-15-11/h6-7H,1,8H2,2-5H3,(H,13,16)/b9-7+. The molecule has 0 aromatic carbocycles. The summed E-state index contributed by atoms with van der Waals surface area (Å²) in [6, 6.07) is 0. The lowest BCUT2D eigenvalue weighted by molar-refractivity contribution is 0.617. The number of amidine groups is 1. The third-order valence-corrected chi connectivity index (χ3v) is 2.33. The van der Waals surface area contributed by atoms with E-state index in [1.807, 2.05) is 32.0 Å². The van der Waals surface area contributed by atoms with Crippen molar-refractivity contribution in [2.75, 3.05) is 20.8 Å². The zero-order valence-corrected chi connectivity index (χ0v) is 10.9. The number of hydrogen-bond acceptors (Lipinski definition) is 4. The van der Waals surface area contributed by atoms with Crippen LogP contribution in [0.2, 0.25) is 0 Å². The Bertz CT molecular complexity index is 415. The molecule has 0 aromatic rings. The molecule has 1 N–H and O–H groups in total. The monoisotopic (exact) mass is 233 g/mol. The number of nitrogens with zero attached hydrogens (tertiary/aromatic N) is 4. The molecule has 0 spiro atoms. The first-order valence-corrected chi connectivity index (χ1v) is 5.41.